The number of anilines is 1. The van der Waals surface area contributed by atoms with Crippen molar-refractivity contribution in [3.05, 3.63) is 47.4 Å². The first-order valence-electron chi connectivity index (χ1n) is 8.45. The predicted molar refractivity (Wildman–Crippen MR) is 101 cm³/mol. The number of rotatable bonds is 9. The molecule has 0 aliphatic rings. The van der Waals surface area contributed by atoms with Gasteiger partial charge in [-0.05, 0) is 31.0 Å². The monoisotopic (exact) mass is 393 g/mol. The van der Waals surface area contributed by atoms with Crippen molar-refractivity contribution in [2.75, 3.05) is 5.32 Å². The van der Waals surface area contributed by atoms with Crippen molar-refractivity contribution in [2.24, 2.45) is 0 Å². The second kappa shape index (κ2) is 9.09. The Morgan fingerprint density at radius 2 is 2.08 bits per heavy atom. The number of unbranched alkanes of at least 4 members (excludes halogenated alkanes) is 1. The number of hydrogen-bond donors (Lipinski definition) is 1. The van der Waals surface area contributed by atoms with Crippen LogP contribution in [-0.4, -0.2) is 20.3 Å². The molecule has 2 aromatic heterocycles. The fourth-order valence-electron chi connectivity index (χ4n) is 2.18. The Bertz CT molecular complexity index is 821. The minimum atomic E-state index is -0.240. The van der Waals surface area contributed by atoms with Gasteiger partial charge in [0.25, 0.3) is 0 Å². The van der Waals surface area contributed by atoms with E-state index in [4.69, 9.17) is 4.52 Å². The van der Waals surface area contributed by atoms with Gasteiger partial charge >= 0.3 is 0 Å². The van der Waals surface area contributed by atoms with Crippen LogP contribution in [0.15, 0.2) is 33.1 Å². The van der Waals surface area contributed by atoms with Gasteiger partial charge in [0.15, 0.2) is 10.2 Å². The molecule has 0 saturated heterocycles. The van der Waals surface area contributed by atoms with Crippen LogP contribution >= 0.6 is 23.1 Å². The number of aryl methyl sites for hydroxylation is 1. The topological polar surface area (TPSA) is 76.7 Å². The molecule has 0 fully saturated rings. The zero-order valence-corrected chi connectivity index (χ0v) is 16.2. The van der Waals surface area contributed by atoms with Crippen LogP contribution in [0.3, 0.4) is 0 Å². The van der Waals surface area contributed by atoms with Gasteiger partial charge in [-0.1, -0.05) is 53.7 Å². The van der Waals surface area contributed by atoms with Crippen LogP contribution in [0.1, 0.15) is 49.2 Å². The van der Waals surface area contributed by atoms with Crippen LogP contribution in [0.25, 0.3) is 0 Å². The third-order valence-corrected chi connectivity index (χ3v) is 5.68. The van der Waals surface area contributed by atoms with Gasteiger partial charge in [0.2, 0.25) is 11.0 Å². The highest BCUT2D eigenvalue weighted by molar-refractivity contribution is 8.01. The first-order valence-corrected chi connectivity index (χ1v) is 10.1. The van der Waals surface area contributed by atoms with Crippen molar-refractivity contribution in [1.29, 1.82) is 0 Å². The van der Waals surface area contributed by atoms with Crippen LogP contribution < -0.4 is 5.32 Å². The van der Waals surface area contributed by atoms with Gasteiger partial charge in [0, 0.05) is 13.0 Å². The van der Waals surface area contributed by atoms with E-state index in [1.807, 2.05) is 6.92 Å². The van der Waals surface area contributed by atoms with Gasteiger partial charge in [0.05, 0.1) is 5.25 Å². The fourth-order valence-corrected chi connectivity index (χ4v) is 4.10. The molecule has 0 amide bonds. The molecule has 0 bridgehead atoms. The summed E-state index contributed by atoms with van der Waals surface area (Å²) in [6.07, 6.45) is 3.00. The highest BCUT2D eigenvalue weighted by Crippen LogP contribution is 2.36. The average Bonchev–Trinajstić information content (AvgIpc) is 3.29. The zero-order chi connectivity index (χ0) is 18.4. The molecule has 0 spiro atoms. The Kier molecular flexibility index (Phi) is 6.56. The zero-order valence-electron chi connectivity index (χ0n) is 14.6. The van der Waals surface area contributed by atoms with Crippen molar-refractivity contribution in [3.8, 4) is 0 Å². The third kappa shape index (κ3) is 5.25. The normalized spacial score (nSPS) is 12.3. The summed E-state index contributed by atoms with van der Waals surface area (Å²) in [4.78, 5) is 4.45. The summed E-state index contributed by atoms with van der Waals surface area (Å²) in [6, 6.07) is 6.37. The first-order chi connectivity index (χ1) is 12.6. The number of nitrogens with one attached hydrogen (secondary N) is 1. The highest BCUT2D eigenvalue weighted by Gasteiger charge is 2.18. The molecule has 1 aromatic carbocycles. The molecular formula is C17H20FN5OS2. The van der Waals surface area contributed by atoms with E-state index < -0.39 is 0 Å². The lowest BCUT2D eigenvalue weighted by Gasteiger charge is -2.02. The Balaban J connectivity index is 1.52. The van der Waals surface area contributed by atoms with Gasteiger partial charge in [-0.3, -0.25) is 0 Å². The fraction of sp³-hybridized carbons (Fsp3) is 0.412. The van der Waals surface area contributed by atoms with E-state index in [1.165, 1.54) is 35.2 Å². The number of aromatic nitrogens is 4. The average molecular weight is 394 g/mol. The number of nitrogens with zero attached hydrogens (tertiary/aromatic N) is 4. The van der Waals surface area contributed by atoms with Crippen molar-refractivity contribution in [3.63, 3.8) is 0 Å². The molecule has 0 saturated carbocycles. The van der Waals surface area contributed by atoms with Crippen LogP contribution in [0.2, 0.25) is 0 Å². The number of hydrogen-bond acceptors (Lipinski definition) is 8. The van der Waals surface area contributed by atoms with E-state index in [1.54, 1.807) is 12.1 Å². The molecule has 0 aliphatic carbocycles. The van der Waals surface area contributed by atoms with Crippen LogP contribution in [0, 0.1) is 5.82 Å². The van der Waals surface area contributed by atoms with E-state index in [-0.39, 0.29) is 11.1 Å². The van der Waals surface area contributed by atoms with E-state index in [2.05, 4.69) is 32.6 Å². The van der Waals surface area contributed by atoms with Gasteiger partial charge in [-0.2, -0.15) is 4.98 Å². The number of halogens is 1. The summed E-state index contributed by atoms with van der Waals surface area (Å²) in [5.74, 6) is 1.13. The first kappa shape index (κ1) is 18.8. The van der Waals surface area contributed by atoms with Gasteiger partial charge in [-0.15, -0.1) is 10.2 Å². The molecule has 3 rings (SSSR count). The van der Waals surface area contributed by atoms with Gasteiger partial charge in [-0.25, -0.2) is 4.39 Å². The maximum Gasteiger partial charge on any atom is 0.239 e. The Labute approximate surface area is 159 Å². The maximum atomic E-state index is 12.9. The van der Waals surface area contributed by atoms with E-state index in [0.717, 1.165) is 40.1 Å². The quantitative estimate of drug-likeness (QED) is 0.520. The second-order valence-corrected chi connectivity index (χ2v) is 8.33. The molecule has 138 valence electrons. The second-order valence-electron chi connectivity index (χ2n) is 5.77. The molecule has 3 aromatic rings. The number of benzene rings is 1. The molecule has 6 nitrogen and oxygen atoms in total. The smallest absolute Gasteiger partial charge is 0.239 e. The Morgan fingerprint density at radius 3 is 2.85 bits per heavy atom. The van der Waals surface area contributed by atoms with E-state index in [0.29, 0.717) is 12.4 Å². The predicted octanol–water partition coefficient (Wildman–Crippen LogP) is 4.87. The lowest BCUT2D eigenvalue weighted by molar-refractivity contribution is 0.374. The van der Waals surface area contributed by atoms with E-state index in [9.17, 15) is 4.39 Å². The lowest BCUT2D eigenvalue weighted by Crippen LogP contribution is -1.98. The van der Waals surface area contributed by atoms with Crippen molar-refractivity contribution >= 4 is 28.2 Å². The molecule has 1 atom stereocenters. The van der Waals surface area contributed by atoms with Crippen LogP contribution in [-0.2, 0) is 13.0 Å². The van der Waals surface area contributed by atoms with Crippen molar-refractivity contribution < 1.29 is 8.91 Å². The molecule has 9 heteroatoms. The minimum Gasteiger partial charge on any atom is -0.356 e. The SMILES string of the molecule is CCCCc1noc(C(C)Sc2nnc(NCc3ccc(F)cc3)s2)n1. The third-order valence-electron chi connectivity index (χ3n) is 3.63. The largest absolute Gasteiger partial charge is 0.356 e. The molecule has 1 unspecified atom stereocenters. The molecule has 0 radical (unpaired) electrons. The summed E-state index contributed by atoms with van der Waals surface area (Å²) in [6.45, 7) is 4.71. The standard InChI is InChI=1S/C17H20FN5OS2/c1-3-4-5-14-20-15(24-23-14)11(2)25-17-22-21-16(26-17)19-10-12-6-8-13(18)9-7-12/h6-9,11H,3-5,10H2,1-2H3,(H,19,21). The molecule has 2 heterocycles. The van der Waals surface area contributed by atoms with Crippen LogP contribution in [0.4, 0.5) is 9.52 Å². The molecule has 0 aliphatic heterocycles. The van der Waals surface area contributed by atoms with Gasteiger partial charge in [0.1, 0.15) is 5.82 Å². The molecule has 26 heavy (non-hydrogen) atoms. The van der Waals surface area contributed by atoms with Gasteiger partial charge < -0.3 is 9.84 Å². The number of thioether (sulfide) groups is 1. The van der Waals surface area contributed by atoms with E-state index >= 15 is 0 Å². The maximum absolute atomic E-state index is 12.9. The molecular weight excluding hydrogens is 373 g/mol. The Hall–Kier alpha value is -2.00. The summed E-state index contributed by atoms with van der Waals surface area (Å²) >= 11 is 3.00. The van der Waals surface area contributed by atoms with Crippen molar-refractivity contribution in [2.45, 2.75) is 49.2 Å². The minimum absolute atomic E-state index is 0.00998. The van der Waals surface area contributed by atoms with Crippen LogP contribution in [0.5, 0.6) is 0 Å². The van der Waals surface area contributed by atoms with Crippen molar-refractivity contribution in [1.82, 2.24) is 20.3 Å². The Morgan fingerprint density at radius 1 is 1.27 bits per heavy atom. The summed E-state index contributed by atoms with van der Waals surface area (Å²) < 4.78 is 19.1. The summed E-state index contributed by atoms with van der Waals surface area (Å²) in [5, 5.41) is 16.3. The summed E-state index contributed by atoms with van der Waals surface area (Å²) in [7, 11) is 0. The highest BCUT2D eigenvalue weighted by atomic mass is 32.2. The summed E-state index contributed by atoms with van der Waals surface area (Å²) in [5.41, 5.74) is 0.981. The lowest BCUT2D eigenvalue weighted by atomic mass is 10.2. The molecule has 1 N–H and O–H groups in total.